The van der Waals surface area contributed by atoms with Gasteiger partial charge in [0.1, 0.15) is 0 Å². The summed E-state index contributed by atoms with van der Waals surface area (Å²) < 4.78 is 18.4. The van der Waals surface area contributed by atoms with E-state index >= 15 is 0 Å². The zero-order chi connectivity index (χ0) is 17.7. The van der Waals surface area contributed by atoms with E-state index in [0.717, 1.165) is 12.5 Å². The molecule has 6 nitrogen and oxygen atoms in total. The van der Waals surface area contributed by atoms with Gasteiger partial charge >= 0.3 is 5.97 Å². The van der Waals surface area contributed by atoms with Gasteiger partial charge in [0.25, 0.3) is 0 Å². The number of benzene rings is 1. The van der Waals surface area contributed by atoms with Crippen molar-refractivity contribution in [1.29, 1.82) is 0 Å². The zero-order valence-corrected chi connectivity index (χ0v) is 13.4. The summed E-state index contributed by atoms with van der Waals surface area (Å²) >= 11 is 0. The average molecular weight is 337 g/mol. The minimum absolute atomic E-state index is 0.0462. The topological polar surface area (TPSA) is 92.7 Å². The molecular formula is C17H20FNO5. The van der Waals surface area contributed by atoms with Crippen LogP contribution in [-0.4, -0.2) is 35.4 Å². The van der Waals surface area contributed by atoms with E-state index in [0.29, 0.717) is 12.8 Å². The van der Waals surface area contributed by atoms with Gasteiger partial charge < -0.3 is 15.2 Å². The lowest BCUT2D eigenvalue weighted by atomic mass is 9.74. The van der Waals surface area contributed by atoms with Crippen LogP contribution in [0.2, 0.25) is 0 Å². The Morgan fingerprint density at radius 1 is 1.29 bits per heavy atom. The lowest BCUT2D eigenvalue weighted by Gasteiger charge is -2.41. The Kier molecular flexibility index (Phi) is 5.54. The van der Waals surface area contributed by atoms with Gasteiger partial charge in [-0.1, -0.05) is 0 Å². The Labute approximate surface area is 139 Å². The maximum absolute atomic E-state index is 13.6. The highest BCUT2D eigenvalue weighted by Crippen LogP contribution is 2.35. The third-order valence-corrected chi connectivity index (χ3v) is 4.26. The maximum atomic E-state index is 13.6. The van der Waals surface area contributed by atoms with E-state index in [9.17, 15) is 18.8 Å². The number of ether oxygens (including phenoxy) is 1. The second-order valence-electron chi connectivity index (χ2n) is 6.03. The van der Waals surface area contributed by atoms with Crippen molar-refractivity contribution in [2.24, 2.45) is 0 Å². The largest absolute Gasteiger partial charge is 0.494 e. The monoisotopic (exact) mass is 337 g/mol. The summed E-state index contributed by atoms with van der Waals surface area (Å²) in [5.41, 5.74) is -0.511. The molecule has 0 atom stereocenters. The Morgan fingerprint density at radius 2 is 2.00 bits per heavy atom. The van der Waals surface area contributed by atoms with Crippen molar-refractivity contribution in [3.63, 3.8) is 0 Å². The second-order valence-corrected chi connectivity index (χ2v) is 6.03. The van der Waals surface area contributed by atoms with Crippen LogP contribution in [0.15, 0.2) is 18.2 Å². The third kappa shape index (κ3) is 4.31. The van der Waals surface area contributed by atoms with E-state index in [1.54, 1.807) is 0 Å². The number of hydrogen-bond acceptors (Lipinski definition) is 4. The fourth-order valence-electron chi connectivity index (χ4n) is 2.81. The highest BCUT2D eigenvalue weighted by atomic mass is 19.1. The number of rotatable bonds is 8. The summed E-state index contributed by atoms with van der Waals surface area (Å²) in [5.74, 6) is -2.27. The molecule has 7 heteroatoms. The average Bonchev–Trinajstić information content (AvgIpc) is 2.49. The molecule has 0 spiro atoms. The SMILES string of the molecule is COc1ccc(C(=O)CCC(=O)NC2(CC(=O)O)CCC2)cc1F. The summed E-state index contributed by atoms with van der Waals surface area (Å²) in [6.45, 7) is 0. The van der Waals surface area contributed by atoms with E-state index < -0.39 is 17.3 Å². The second kappa shape index (κ2) is 7.42. The molecule has 0 heterocycles. The Balaban J connectivity index is 1.88. The molecule has 2 N–H and O–H groups in total. The van der Waals surface area contributed by atoms with Gasteiger partial charge in [-0.15, -0.1) is 0 Å². The molecule has 1 aliphatic carbocycles. The molecule has 1 aliphatic rings. The summed E-state index contributed by atoms with van der Waals surface area (Å²) in [6.07, 6.45) is 1.88. The molecule has 0 aromatic heterocycles. The number of aliphatic carboxylic acids is 1. The maximum Gasteiger partial charge on any atom is 0.305 e. The standard InChI is InChI=1S/C17H20FNO5/c1-24-14-5-3-11(9-12(14)18)13(20)4-6-15(21)19-17(7-2-8-17)10-16(22)23/h3,5,9H,2,4,6-8,10H2,1H3,(H,19,21)(H,22,23). The Hall–Kier alpha value is -2.44. The number of nitrogens with one attached hydrogen (secondary N) is 1. The molecule has 2 rings (SSSR count). The first-order valence-electron chi connectivity index (χ1n) is 7.75. The molecule has 0 bridgehead atoms. The summed E-state index contributed by atoms with van der Waals surface area (Å²) in [4.78, 5) is 34.9. The van der Waals surface area contributed by atoms with Gasteiger partial charge in [0.15, 0.2) is 17.3 Å². The number of amides is 1. The van der Waals surface area contributed by atoms with E-state index in [-0.39, 0.29) is 42.3 Å². The van der Waals surface area contributed by atoms with Crippen LogP contribution in [0.25, 0.3) is 0 Å². The van der Waals surface area contributed by atoms with E-state index in [1.807, 2.05) is 0 Å². The number of Topliss-reactive ketones (excluding diaryl/α,β-unsaturated/α-hetero) is 1. The van der Waals surface area contributed by atoms with Crippen LogP contribution in [-0.2, 0) is 9.59 Å². The van der Waals surface area contributed by atoms with E-state index in [2.05, 4.69) is 5.32 Å². The molecule has 0 unspecified atom stereocenters. The molecular weight excluding hydrogens is 317 g/mol. The Bertz CT molecular complexity index is 654. The van der Waals surface area contributed by atoms with Gasteiger partial charge in [-0.3, -0.25) is 14.4 Å². The smallest absolute Gasteiger partial charge is 0.305 e. The first kappa shape index (κ1) is 17.9. The van der Waals surface area contributed by atoms with Crippen molar-refractivity contribution in [1.82, 2.24) is 5.32 Å². The predicted molar refractivity (Wildman–Crippen MR) is 83.5 cm³/mol. The van der Waals surface area contributed by atoms with Crippen molar-refractivity contribution in [2.75, 3.05) is 7.11 Å². The fraction of sp³-hybridized carbons (Fsp3) is 0.471. The van der Waals surface area contributed by atoms with Crippen LogP contribution in [0.5, 0.6) is 5.75 Å². The highest BCUT2D eigenvalue weighted by molar-refractivity contribution is 5.98. The summed E-state index contributed by atoms with van der Waals surface area (Å²) in [5, 5.41) is 11.6. The normalized spacial score (nSPS) is 15.2. The number of carboxylic acids is 1. The third-order valence-electron chi connectivity index (χ3n) is 4.26. The van der Waals surface area contributed by atoms with Crippen molar-refractivity contribution >= 4 is 17.7 Å². The summed E-state index contributed by atoms with van der Waals surface area (Å²) in [7, 11) is 1.33. The zero-order valence-electron chi connectivity index (χ0n) is 13.4. The molecule has 1 aromatic carbocycles. The predicted octanol–water partition coefficient (Wildman–Crippen LogP) is 2.31. The first-order chi connectivity index (χ1) is 11.3. The van der Waals surface area contributed by atoms with Crippen molar-refractivity contribution < 1.29 is 28.6 Å². The lowest BCUT2D eigenvalue weighted by molar-refractivity contribution is -0.140. The van der Waals surface area contributed by atoms with Gasteiger partial charge in [0, 0.05) is 18.4 Å². The van der Waals surface area contributed by atoms with Gasteiger partial charge in [-0.05, 0) is 37.5 Å². The highest BCUT2D eigenvalue weighted by Gasteiger charge is 2.40. The molecule has 0 radical (unpaired) electrons. The van der Waals surface area contributed by atoms with Crippen LogP contribution in [0, 0.1) is 5.82 Å². The number of carboxylic acid groups (broad SMARTS) is 1. The molecule has 24 heavy (non-hydrogen) atoms. The molecule has 1 fully saturated rings. The quantitative estimate of drug-likeness (QED) is 0.710. The van der Waals surface area contributed by atoms with Crippen LogP contribution < -0.4 is 10.1 Å². The number of methoxy groups -OCH3 is 1. The molecule has 1 aromatic rings. The molecule has 0 aliphatic heterocycles. The minimum atomic E-state index is -0.959. The molecule has 1 amide bonds. The minimum Gasteiger partial charge on any atom is -0.494 e. The lowest BCUT2D eigenvalue weighted by Crippen LogP contribution is -2.54. The van der Waals surface area contributed by atoms with Crippen molar-refractivity contribution in [3.05, 3.63) is 29.6 Å². The van der Waals surface area contributed by atoms with Gasteiger partial charge in [-0.25, -0.2) is 4.39 Å². The molecule has 0 saturated heterocycles. The molecule has 130 valence electrons. The van der Waals surface area contributed by atoms with E-state index in [4.69, 9.17) is 9.84 Å². The number of carbonyl (C=O) groups excluding carboxylic acids is 2. The number of halogens is 1. The summed E-state index contributed by atoms with van der Waals surface area (Å²) in [6, 6.07) is 3.88. The number of hydrogen-bond donors (Lipinski definition) is 2. The van der Waals surface area contributed by atoms with Crippen LogP contribution in [0.4, 0.5) is 4.39 Å². The van der Waals surface area contributed by atoms with Gasteiger partial charge in [-0.2, -0.15) is 0 Å². The van der Waals surface area contributed by atoms with Crippen LogP contribution >= 0.6 is 0 Å². The van der Waals surface area contributed by atoms with E-state index in [1.165, 1.54) is 19.2 Å². The number of ketones is 1. The fourth-order valence-corrected chi connectivity index (χ4v) is 2.81. The number of carbonyl (C=O) groups is 3. The van der Waals surface area contributed by atoms with Gasteiger partial charge in [0.2, 0.25) is 5.91 Å². The molecule has 1 saturated carbocycles. The van der Waals surface area contributed by atoms with Crippen LogP contribution in [0.3, 0.4) is 0 Å². The Morgan fingerprint density at radius 3 is 2.50 bits per heavy atom. The van der Waals surface area contributed by atoms with Crippen molar-refractivity contribution in [3.8, 4) is 5.75 Å². The van der Waals surface area contributed by atoms with Crippen LogP contribution in [0.1, 0.15) is 48.9 Å². The first-order valence-corrected chi connectivity index (χ1v) is 7.75. The van der Waals surface area contributed by atoms with Crippen molar-refractivity contribution in [2.45, 2.75) is 44.1 Å². The van der Waals surface area contributed by atoms with Gasteiger partial charge in [0.05, 0.1) is 19.1 Å².